The number of carbonyl (C=O) groups is 4. The monoisotopic (exact) mass is 400 g/mol. The molecule has 0 aliphatic carbocycles. The largest absolute Gasteiger partial charge is 0.366 e. The Bertz CT molecular complexity index is 935. The molecule has 2 bridgehead atoms. The SMILES string of the molecule is O=CC(=O)C1c2c(F)cc(N3CC4CC3CN4)cc2CN1C1CCC(=O)NC1=O. The molecule has 1 aromatic carbocycles. The first-order chi connectivity index (χ1) is 14.0. The second-order valence-corrected chi connectivity index (χ2v) is 8.21. The summed E-state index contributed by atoms with van der Waals surface area (Å²) in [6.07, 6.45) is 1.57. The van der Waals surface area contributed by atoms with Crippen LogP contribution in [0, 0.1) is 5.82 Å². The first-order valence-electron chi connectivity index (χ1n) is 9.87. The lowest BCUT2D eigenvalue weighted by atomic mass is 9.98. The van der Waals surface area contributed by atoms with Crippen LogP contribution in [0.4, 0.5) is 10.1 Å². The molecule has 2 amide bonds. The van der Waals surface area contributed by atoms with Crippen molar-refractivity contribution in [3.63, 3.8) is 0 Å². The number of hydrogen-bond donors (Lipinski definition) is 2. The molecule has 5 rings (SSSR count). The topological polar surface area (TPSA) is 98.8 Å². The molecule has 4 unspecified atom stereocenters. The molecule has 9 heteroatoms. The summed E-state index contributed by atoms with van der Waals surface area (Å²) in [6, 6.07) is 2.12. The van der Waals surface area contributed by atoms with E-state index >= 15 is 4.39 Å². The third kappa shape index (κ3) is 2.87. The maximum atomic E-state index is 15.2. The Kier molecular flexibility index (Phi) is 4.25. The maximum Gasteiger partial charge on any atom is 0.243 e. The minimum atomic E-state index is -1.14. The summed E-state index contributed by atoms with van der Waals surface area (Å²) in [4.78, 5) is 51.3. The number of aldehydes is 1. The number of carbonyl (C=O) groups excluding carboxylic acids is 4. The van der Waals surface area contributed by atoms with Gasteiger partial charge in [-0.3, -0.25) is 29.4 Å². The Morgan fingerprint density at radius 1 is 1.28 bits per heavy atom. The Balaban J connectivity index is 1.51. The van der Waals surface area contributed by atoms with Gasteiger partial charge in [-0.2, -0.15) is 0 Å². The van der Waals surface area contributed by atoms with E-state index in [1.54, 1.807) is 4.90 Å². The lowest BCUT2D eigenvalue weighted by molar-refractivity contribution is -0.141. The van der Waals surface area contributed by atoms with Crippen LogP contribution in [0.25, 0.3) is 0 Å². The number of piperidine rings is 1. The quantitative estimate of drug-likeness (QED) is 0.411. The predicted octanol–water partition coefficient (Wildman–Crippen LogP) is -0.194. The van der Waals surface area contributed by atoms with Gasteiger partial charge in [0.05, 0.1) is 6.04 Å². The van der Waals surface area contributed by atoms with E-state index in [-0.39, 0.29) is 37.1 Å². The predicted molar refractivity (Wildman–Crippen MR) is 99.5 cm³/mol. The number of piperazine rings is 1. The molecule has 4 heterocycles. The number of anilines is 1. The van der Waals surface area contributed by atoms with Crippen LogP contribution in [0.5, 0.6) is 0 Å². The number of halogens is 1. The van der Waals surface area contributed by atoms with Gasteiger partial charge >= 0.3 is 0 Å². The van der Waals surface area contributed by atoms with E-state index in [4.69, 9.17) is 0 Å². The highest BCUT2D eigenvalue weighted by Gasteiger charge is 2.45. The van der Waals surface area contributed by atoms with Crippen LogP contribution in [0.3, 0.4) is 0 Å². The number of hydrogen-bond acceptors (Lipinski definition) is 7. The van der Waals surface area contributed by atoms with E-state index in [1.807, 2.05) is 6.07 Å². The molecule has 3 saturated heterocycles. The van der Waals surface area contributed by atoms with Crippen molar-refractivity contribution in [1.82, 2.24) is 15.5 Å². The fourth-order valence-corrected chi connectivity index (χ4v) is 5.25. The highest BCUT2D eigenvalue weighted by atomic mass is 19.1. The third-order valence-corrected chi connectivity index (χ3v) is 6.54. The van der Waals surface area contributed by atoms with Gasteiger partial charge in [-0.15, -0.1) is 0 Å². The van der Waals surface area contributed by atoms with Crippen LogP contribution < -0.4 is 15.5 Å². The highest BCUT2D eigenvalue weighted by molar-refractivity contribution is 6.27. The summed E-state index contributed by atoms with van der Waals surface area (Å²) in [5, 5.41) is 5.68. The zero-order valence-corrected chi connectivity index (χ0v) is 15.7. The van der Waals surface area contributed by atoms with Crippen LogP contribution >= 0.6 is 0 Å². The van der Waals surface area contributed by atoms with E-state index in [2.05, 4.69) is 15.5 Å². The molecule has 4 atom stereocenters. The van der Waals surface area contributed by atoms with Gasteiger partial charge < -0.3 is 10.2 Å². The normalized spacial score (nSPS) is 31.1. The van der Waals surface area contributed by atoms with E-state index in [1.165, 1.54) is 6.07 Å². The van der Waals surface area contributed by atoms with Crippen molar-refractivity contribution in [2.75, 3.05) is 18.0 Å². The Hall–Kier alpha value is -2.65. The fraction of sp³-hybridized carbons (Fsp3) is 0.500. The molecule has 4 aliphatic rings. The third-order valence-electron chi connectivity index (χ3n) is 6.54. The van der Waals surface area contributed by atoms with E-state index in [9.17, 15) is 19.2 Å². The van der Waals surface area contributed by atoms with Crippen molar-refractivity contribution < 1.29 is 23.6 Å². The number of benzene rings is 1. The van der Waals surface area contributed by atoms with Crippen molar-refractivity contribution in [3.05, 3.63) is 29.1 Å². The van der Waals surface area contributed by atoms with Gasteiger partial charge in [-0.25, -0.2) is 4.39 Å². The van der Waals surface area contributed by atoms with Crippen molar-refractivity contribution in [1.29, 1.82) is 0 Å². The van der Waals surface area contributed by atoms with Gasteiger partial charge in [-0.1, -0.05) is 0 Å². The molecular weight excluding hydrogens is 379 g/mol. The van der Waals surface area contributed by atoms with Crippen LogP contribution in [0.15, 0.2) is 12.1 Å². The second-order valence-electron chi connectivity index (χ2n) is 8.21. The molecule has 8 nitrogen and oxygen atoms in total. The van der Waals surface area contributed by atoms with Gasteiger partial charge in [0.2, 0.25) is 17.6 Å². The standard InChI is InChI=1S/C20H21FN4O4/c21-14-5-12(24-8-11-4-13(24)6-22-11)3-10-7-25(19(18(10)14)16(27)9-26)15-1-2-17(28)23-20(15)29/h3,5,9,11,13,15,19,22H,1-2,4,6-8H2,(H,23,28,29). The molecule has 0 aromatic heterocycles. The number of rotatable bonds is 4. The number of amides is 2. The average molecular weight is 400 g/mol. The number of fused-ring (bicyclic) bond motifs is 3. The van der Waals surface area contributed by atoms with Gasteiger partial charge in [-0.05, 0) is 30.5 Å². The van der Waals surface area contributed by atoms with E-state index in [0.29, 0.717) is 17.6 Å². The lowest BCUT2D eigenvalue weighted by Gasteiger charge is -2.32. The maximum absolute atomic E-state index is 15.2. The van der Waals surface area contributed by atoms with Gasteiger partial charge in [0.25, 0.3) is 0 Å². The number of nitrogens with one attached hydrogen (secondary N) is 2. The number of imide groups is 1. The molecular formula is C20H21FN4O4. The van der Waals surface area contributed by atoms with Crippen molar-refractivity contribution in [3.8, 4) is 0 Å². The summed E-state index contributed by atoms with van der Waals surface area (Å²) in [7, 11) is 0. The fourth-order valence-electron chi connectivity index (χ4n) is 5.25. The molecule has 2 N–H and O–H groups in total. The van der Waals surface area contributed by atoms with Crippen molar-refractivity contribution in [2.24, 2.45) is 0 Å². The van der Waals surface area contributed by atoms with Gasteiger partial charge in [0, 0.05) is 49.4 Å². The molecule has 0 spiro atoms. The van der Waals surface area contributed by atoms with Crippen molar-refractivity contribution >= 4 is 29.6 Å². The van der Waals surface area contributed by atoms with Crippen LogP contribution in [-0.2, 0) is 25.7 Å². The zero-order valence-electron chi connectivity index (χ0n) is 15.7. The molecule has 0 saturated carbocycles. The summed E-state index contributed by atoms with van der Waals surface area (Å²) in [5.74, 6) is -2.21. The molecule has 29 heavy (non-hydrogen) atoms. The molecule has 4 aliphatic heterocycles. The molecule has 0 radical (unpaired) electrons. The lowest BCUT2D eigenvalue weighted by Crippen LogP contribution is -2.52. The van der Waals surface area contributed by atoms with Crippen LogP contribution in [-0.4, -0.2) is 60.0 Å². The average Bonchev–Trinajstić information content (AvgIpc) is 3.41. The molecule has 3 fully saturated rings. The number of ketones is 1. The molecule has 1 aromatic rings. The second kappa shape index (κ2) is 6.70. The molecule has 152 valence electrons. The van der Waals surface area contributed by atoms with E-state index in [0.717, 1.165) is 25.2 Å². The first kappa shape index (κ1) is 18.4. The number of nitrogens with zero attached hydrogens (tertiary/aromatic N) is 2. The smallest absolute Gasteiger partial charge is 0.243 e. The zero-order chi connectivity index (χ0) is 20.3. The summed E-state index contributed by atoms with van der Waals surface area (Å²) in [6.45, 7) is 1.84. The minimum Gasteiger partial charge on any atom is -0.366 e. The van der Waals surface area contributed by atoms with Crippen LogP contribution in [0.1, 0.15) is 36.4 Å². The summed E-state index contributed by atoms with van der Waals surface area (Å²) < 4.78 is 15.2. The van der Waals surface area contributed by atoms with Gasteiger partial charge in [0.15, 0.2) is 6.29 Å². The Labute approximate surface area is 166 Å². The van der Waals surface area contributed by atoms with Gasteiger partial charge in [0.1, 0.15) is 11.9 Å². The minimum absolute atomic E-state index is 0.142. The highest BCUT2D eigenvalue weighted by Crippen LogP contribution is 2.42. The first-order valence-corrected chi connectivity index (χ1v) is 9.87. The van der Waals surface area contributed by atoms with E-state index < -0.39 is 29.6 Å². The summed E-state index contributed by atoms with van der Waals surface area (Å²) >= 11 is 0. The Morgan fingerprint density at radius 3 is 2.76 bits per heavy atom. The van der Waals surface area contributed by atoms with Crippen LogP contribution in [0.2, 0.25) is 0 Å². The van der Waals surface area contributed by atoms with Crippen molar-refractivity contribution in [2.45, 2.75) is 50.0 Å². The summed E-state index contributed by atoms with van der Waals surface area (Å²) in [5.41, 5.74) is 1.54. The Morgan fingerprint density at radius 2 is 2.10 bits per heavy atom. The number of Topliss-reactive ketones (excluding diaryl/α,β-unsaturated/α-hetero) is 1.